The molecule has 0 aliphatic heterocycles. The molecule has 0 amide bonds. The van der Waals surface area contributed by atoms with E-state index in [1.807, 2.05) is 0 Å². The standard InChI is InChI=1S/C21H32O4/c1-3-4-5-6-7-8-9-10-18(22)16-19(23)13-11-17-12-14-20(24)21(15-17)25-2/h12,14-16,22,24H,3-11,13H2,1-2H3. The summed E-state index contributed by atoms with van der Waals surface area (Å²) in [7, 11) is 1.49. The number of hydrogen-bond acceptors (Lipinski definition) is 4. The first-order chi connectivity index (χ1) is 12.1. The normalized spacial score (nSPS) is 11.5. The van der Waals surface area contributed by atoms with Crippen molar-refractivity contribution in [3.05, 3.63) is 35.6 Å². The van der Waals surface area contributed by atoms with Gasteiger partial charge in [0, 0.05) is 18.9 Å². The molecular formula is C21H32O4. The van der Waals surface area contributed by atoms with Gasteiger partial charge in [-0.25, -0.2) is 0 Å². The number of allylic oxidation sites excluding steroid dienone is 2. The van der Waals surface area contributed by atoms with E-state index >= 15 is 0 Å². The zero-order valence-corrected chi connectivity index (χ0v) is 15.6. The number of ketones is 1. The van der Waals surface area contributed by atoms with Gasteiger partial charge in [-0.05, 0) is 30.5 Å². The van der Waals surface area contributed by atoms with Crippen molar-refractivity contribution in [1.29, 1.82) is 0 Å². The van der Waals surface area contributed by atoms with Gasteiger partial charge in [0.05, 0.1) is 12.9 Å². The van der Waals surface area contributed by atoms with Crippen LogP contribution in [0.2, 0.25) is 0 Å². The van der Waals surface area contributed by atoms with Crippen LogP contribution in [0.25, 0.3) is 0 Å². The maximum absolute atomic E-state index is 11.9. The molecule has 1 aromatic rings. The van der Waals surface area contributed by atoms with Gasteiger partial charge >= 0.3 is 0 Å². The fraction of sp³-hybridized carbons (Fsp3) is 0.571. The van der Waals surface area contributed by atoms with Crippen LogP contribution in [0.4, 0.5) is 0 Å². The Hall–Kier alpha value is -1.97. The fourth-order valence-electron chi connectivity index (χ4n) is 2.74. The smallest absolute Gasteiger partial charge is 0.160 e. The second kappa shape index (κ2) is 12.4. The predicted molar refractivity (Wildman–Crippen MR) is 101 cm³/mol. The zero-order chi connectivity index (χ0) is 18.5. The molecule has 0 fully saturated rings. The van der Waals surface area contributed by atoms with Gasteiger partial charge in [-0.15, -0.1) is 0 Å². The number of aromatic hydroxyl groups is 1. The van der Waals surface area contributed by atoms with Crippen LogP contribution >= 0.6 is 0 Å². The van der Waals surface area contributed by atoms with Gasteiger partial charge in [-0.2, -0.15) is 0 Å². The van der Waals surface area contributed by atoms with E-state index in [9.17, 15) is 15.0 Å². The molecule has 0 aromatic heterocycles. The number of phenols is 1. The van der Waals surface area contributed by atoms with Crippen molar-refractivity contribution in [3.63, 3.8) is 0 Å². The number of hydrogen-bond donors (Lipinski definition) is 2. The first-order valence-corrected chi connectivity index (χ1v) is 9.35. The van der Waals surface area contributed by atoms with Crippen molar-refractivity contribution >= 4 is 5.78 Å². The van der Waals surface area contributed by atoms with Crippen LogP contribution in [0.1, 0.15) is 70.3 Å². The van der Waals surface area contributed by atoms with Crippen molar-refractivity contribution in [1.82, 2.24) is 0 Å². The van der Waals surface area contributed by atoms with Crippen LogP contribution in [0.5, 0.6) is 11.5 Å². The fourth-order valence-corrected chi connectivity index (χ4v) is 2.74. The van der Waals surface area contributed by atoms with E-state index in [0.29, 0.717) is 25.0 Å². The van der Waals surface area contributed by atoms with Gasteiger partial charge in [0.2, 0.25) is 0 Å². The number of aliphatic hydroxyl groups excluding tert-OH is 1. The number of aliphatic hydroxyl groups is 1. The summed E-state index contributed by atoms with van der Waals surface area (Å²) in [4.78, 5) is 11.9. The molecule has 4 nitrogen and oxygen atoms in total. The monoisotopic (exact) mass is 348 g/mol. The second-order valence-corrected chi connectivity index (χ2v) is 6.48. The molecule has 1 aromatic carbocycles. The maximum Gasteiger partial charge on any atom is 0.160 e. The summed E-state index contributed by atoms with van der Waals surface area (Å²) in [6.45, 7) is 2.21. The molecule has 2 N–H and O–H groups in total. The van der Waals surface area contributed by atoms with Crippen LogP contribution < -0.4 is 4.74 Å². The molecule has 1 rings (SSSR count). The van der Waals surface area contributed by atoms with Gasteiger partial charge in [-0.1, -0.05) is 51.5 Å². The summed E-state index contributed by atoms with van der Waals surface area (Å²) in [5.41, 5.74) is 0.919. The van der Waals surface area contributed by atoms with E-state index in [1.54, 1.807) is 18.2 Å². The van der Waals surface area contributed by atoms with Gasteiger partial charge < -0.3 is 14.9 Å². The van der Waals surface area contributed by atoms with Gasteiger partial charge in [-0.3, -0.25) is 4.79 Å². The average Bonchev–Trinajstić information content (AvgIpc) is 2.60. The first kappa shape index (κ1) is 21.1. The summed E-state index contributed by atoms with van der Waals surface area (Å²) in [5, 5.41) is 19.4. The Morgan fingerprint density at radius 3 is 2.44 bits per heavy atom. The molecule has 0 bridgehead atoms. The molecule has 0 atom stereocenters. The Bertz CT molecular complexity index is 549. The van der Waals surface area contributed by atoms with E-state index in [0.717, 1.165) is 18.4 Å². The van der Waals surface area contributed by atoms with E-state index in [1.165, 1.54) is 45.3 Å². The molecule has 25 heavy (non-hydrogen) atoms. The van der Waals surface area contributed by atoms with Crippen molar-refractivity contribution in [3.8, 4) is 11.5 Å². The predicted octanol–water partition coefficient (Wildman–Crippen LogP) is 5.49. The summed E-state index contributed by atoms with van der Waals surface area (Å²) in [6.07, 6.45) is 11.1. The lowest BCUT2D eigenvalue weighted by Crippen LogP contribution is -1.99. The van der Waals surface area contributed by atoms with Gasteiger partial charge in [0.15, 0.2) is 17.3 Å². The van der Waals surface area contributed by atoms with Crippen LogP contribution in [0, 0.1) is 0 Å². The number of methoxy groups -OCH3 is 1. The SMILES string of the molecule is CCCCCCCCCC(O)=CC(=O)CCc1ccc(O)c(OC)c1. The Morgan fingerprint density at radius 1 is 1.08 bits per heavy atom. The van der Waals surface area contributed by atoms with Crippen LogP contribution in [0.3, 0.4) is 0 Å². The average molecular weight is 348 g/mol. The molecule has 0 heterocycles. The third-order valence-electron chi connectivity index (χ3n) is 4.27. The van der Waals surface area contributed by atoms with Crippen molar-refractivity contribution < 1.29 is 19.7 Å². The van der Waals surface area contributed by atoms with Crippen molar-refractivity contribution in [2.24, 2.45) is 0 Å². The lowest BCUT2D eigenvalue weighted by atomic mass is 10.0. The van der Waals surface area contributed by atoms with Crippen LogP contribution in [-0.2, 0) is 11.2 Å². The highest BCUT2D eigenvalue weighted by molar-refractivity contribution is 5.90. The van der Waals surface area contributed by atoms with Gasteiger partial charge in [0.25, 0.3) is 0 Å². The number of unbranched alkanes of at least 4 members (excludes halogenated alkanes) is 6. The summed E-state index contributed by atoms with van der Waals surface area (Å²) < 4.78 is 5.06. The topological polar surface area (TPSA) is 66.8 Å². The molecule has 0 unspecified atom stereocenters. The minimum atomic E-state index is -0.0764. The molecule has 4 heteroatoms. The molecule has 0 aliphatic carbocycles. The first-order valence-electron chi connectivity index (χ1n) is 9.35. The number of carbonyl (C=O) groups is 1. The zero-order valence-electron chi connectivity index (χ0n) is 15.6. The highest BCUT2D eigenvalue weighted by atomic mass is 16.5. The molecule has 0 spiro atoms. The number of rotatable bonds is 13. The molecule has 0 saturated heterocycles. The summed E-state index contributed by atoms with van der Waals surface area (Å²) in [5.74, 6) is 0.599. The summed E-state index contributed by atoms with van der Waals surface area (Å²) >= 11 is 0. The Kier molecular flexibility index (Phi) is 10.5. The Balaban J connectivity index is 2.26. The van der Waals surface area contributed by atoms with Crippen molar-refractivity contribution in [2.75, 3.05) is 7.11 Å². The molecule has 140 valence electrons. The highest BCUT2D eigenvalue weighted by Crippen LogP contribution is 2.26. The third-order valence-corrected chi connectivity index (χ3v) is 4.27. The van der Waals surface area contributed by atoms with E-state index in [2.05, 4.69) is 6.92 Å². The second-order valence-electron chi connectivity index (χ2n) is 6.48. The molecule has 0 aliphatic rings. The number of aryl methyl sites for hydroxylation is 1. The Labute approximate surface area is 151 Å². The number of carbonyl (C=O) groups excluding carboxylic acids is 1. The third kappa shape index (κ3) is 9.18. The maximum atomic E-state index is 11.9. The number of phenolic OH excluding ortho intramolecular Hbond substituents is 1. The van der Waals surface area contributed by atoms with E-state index in [-0.39, 0.29) is 17.3 Å². The minimum absolute atomic E-state index is 0.0764. The largest absolute Gasteiger partial charge is 0.512 e. The molecule has 0 saturated carbocycles. The summed E-state index contributed by atoms with van der Waals surface area (Å²) in [6, 6.07) is 5.06. The molecule has 0 radical (unpaired) electrons. The molecular weight excluding hydrogens is 316 g/mol. The lowest BCUT2D eigenvalue weighted by molar-refractivity contribution is -0.114. The van der Waals surface area contributed by atoms with Crippen LogP contribution in [0.15, 0.2) is 30.0 Å². The van der Waals surface area contributed by atoms with Gasteiger partial charge in [0.1, 0.15) is 0 Å². The number of benzene rings is 1. The van der Waals surface area contributed by atoms with Crippen LogP contribution in [-0.4, -0.2) is 23.1 Å². The van der Waals surface area contributed by atoms with Crippen molar-refractivity contribution in [2.45, 2.75) is 71.1 Å². The lowest BCUT2D eigenvalue weighted by Gasteiger charge is -2.06. The minimum Gasteiger partial charge on any atom is -0.512 e. The van der Waals surface area contributed by atoms with E-state index < -0.39 is 0 Å². The quantitative estimate of drug-likeness (QED) is 0.281. The Morgan fingerprint density at radius 2 is 1.76 bits per heavy atom. The van der Waals surface area contributed by atoms with E-state index in [4.69, 9.17) is 4.74 Å². The highest BCUT2D eigenvalue weighted by Gasteiger charge is 2.06. The number of ether oxygens (including phenoxy) is 1.